The van der Waals surface area contributed by atoms with Gasteiger partial charge in [0, 0.05) is 0 Å². The zero-order chi connectivity index (χ0) is 17.9. The van der Waals surface area contributed by atoms with E-state index in [0.29, 0.717) is 25.0 Å². The summed E-state index contributed by atoms with van der Waals surface area (Å²) in [5.41, 5.74) is 2.81. The number of benzene rings is 2. The molecule has 1 nitrogen and oxygen atoms in total. The Morgan fingerprint density at radius 1 is 1.08 bits per heavy atom. The van der Waals surface area contributed by atoms with Gasteiger partial charge in [-0.2, -0.15) is 0 Å². The number of hydrogen-bond donors (Lipinski definition) is 0. The van der Waals surface area contributed by atoms with Crippen molar-refractivity contribution in [2.75, 3.05) is 6.26 Å². The summed E-state index contributed by atoms with van der Waals surface area (Å²) >= 11 is 2.34. The van der Waals surface area contributed by atoms with Crippen LogP contribution in [-0.4, -0.2) is 26.8 Å². The van der Waals surface area contributed by atoms with Gasteiger partial charge in [-0.15, -0.1) is 0 Å². The average molecular weight is 419 g/mol. The van der Waals surface area contributed by atoms with Gasteiger partial charge in [-0.1, -0.05) is 0 Å². The zero-order valence-corrected chi connectivity index (χ0v) is 18.1. The predicted octanol–water partition coefficient (Wildman–Crippen LogP) is 5.56. The molecule has 3 heteroatoms. The number of ether oxygens (including phenoxy) is 1. The molecule has 0 saturated carbocycles. The van der Waals surface area contributed by atoms with E-state index in [-0.39, 0.29) is 11.7 Å². The van der Waals surface area contributed by atoms with Gasteiger partial charge < -0.3 is 0 Å². The quantitative estimate of drug-likeness (QED) is 0.587. The van der Waals surface area contributed by atoms with E-state index >= 15 is 0 Å². The Bertz CT molecular complexity index is 685. The monoisotopic (exact) mass is 420 g/mol. The van der Waals surface area contributed by atoms with Gasteiger partial charge in [-0.25, -0.2) is 0 Å². The molecule has 0 bridgehead atoms. The molecular formula is C22H28OSSe. The molecule has 0 radical (unpaired) electrons. The van der Waals surface area contributed by atoms with E-state index in [0.717, 1.165) is 6.42 Å². The van der Waals surface area contributed by atoms with Crippen molar-refractivity contribution in [3.63, 3.8) is 0 Å². The number of rotatable bonds is 5. The Kier molecular flexibility index (Phi) is 6.33. The van der Waals surface area contributed by atoms with Crippen LogP contribution in [0.2, 0.25) is 4.82 Å². The molecule has 1 heterocycles. The molecule has 1 saturated heterocycles. The summed E-state index contributed by atoms with van der Waals surface area (Å²) in [5.74, 6) is 0. The third-order valence-electron chi connectivity index (χ3n) is 4.93. The second kappa shape index (κ2) is 8.31. The molecule has 3 atom stereocenters. The third kappa shape index (κ3) is 4.71. The summed E-state index contributed by atoms with van der Waals surface area (Å²) in [5, 5.41) is 0.550. The van der Waals surface area contributed by atoms with Gasteiger partial charge in [0.2, 0.25) is 0 Å². The summed E-state index contributed by atoms with van der Waals surface area (Å²) in [6, 6.07) is 19.8. The molecule has 1 fully saturated rings. The molecule has 2 aromatic rings. The maximum atomic E-state index is 6.58. The second-order valence-electron chi connectivity index (χ2n) is 7.32. The van der Waals surface area contributed by atoms with Crippen molar-refractivity contribution < 1.29 is 4.74 Å². The van der Waals surface area contributed by atoms with E-state index in [1.165, 1.54) is 17.5 Å². The first kappa shape index (κ1) is 19.0. The molecule has 0 N–H and O–H groups in total. The summed E-state index contributed by atoms with van der Waals surface area (Å²) in [4.78, 5) is 0.595. The molecule has 0 aromatic heterocycles. The van der Waals surface area contributed by atoms with Gasteiger partial charge in [0.05, 0.1) is 0 Å². The Hall–Kier alpha value is -0.731. The van der Waals surface area contributed by atoms with E-state index in [2.05, 4.69) is 81.6 Å². The molecule has 2 unspecified atom stereocenters. The third-order valence-corrected chi connectivity index (χ3v) is 8.85. The van der Waals surface area contributed by atoms with E-state index in [9.17, 15) is 0 Å². The summed E-state index contributed by atoms with van der Waals surface area (Å²) in [6.45, 7) is 6.78. The fourth-order valence-corrected chi connectivity index (χ4v) is 7.02. The van der Waals surface area contributed by atoms with Crippen LogP contribution in [0.5, 0.6) is 0 Å². The van der Waals surface area contributed by atoms with Crippen molar-refractivity contribution in [1.29, 1.82) is 0 Å². The fourth-order valence-electron chi connectivity index (χ4n) is 3.38. The topological polar surface area (TPSA) is 9.23 Å². The number of hydrogen-bond acceptors (Lipinski definition) is 2. The summed E-state index contributed by atoms with van der Waals surface area (Å²) in [7, 11) is 0. The van der Waals surface area contributed by atoms with Crippen molar-refractivity contribution in [3.05, 3.63) is 65.7 Å². The van der Waals surface area contributed by atoms with E-state index in [1.54, 1.807) is 4.46 Å². The Morgan fingerprint density at radius 2 is 1.76 bits per heavy atom. The molecule has 2 aromatic carbocycles. The molecule has 25 heavy (non-hydrogen) atoms. The van der Waals surface area contributed by atoms with Crippen LogP contribution in [0.3, 0.4) is 0 Å². The maximum absolute atomic E-state index is 6.58. The predicted molar refractivity (Wildman–Crippen MR) is 111 cm³/mol. The first-order chi connectivity index (χ1) is 12.0. The van der Waals surface area contributed by atoms with Crippen LogP contribution in [0.15, 0.2) is 54.6 Å². The molecule has 0 amide bonds. The second-order valence-corrected chi connectivity index (χ2v) is 11.2. The SMILES string of the molecule is CS[C@@H](C)c1ccccc1[Se]C1CCC(C)(C)OC1c1ccccc1. The van der Waals surface area contributed by atoms with Gasteiger partial charge in [0.25, 0.3) is 0 Å². The van der Waals surface area contributed by atoms with Crippen molar-refractivity contribution in [3.8, 4) is 0 Å². The first-order valence-corrected chi connectivity index (χ1v) is 12.1. The minimum atomic E-state index is -0.0286. The Labute approximate surface area is 163 Å². The Morgan fingerprint density at radius 3 is 2.48 bits per heavy atom. The van der Waals surface area contributed by atoms with Gasteiger partial charge in [0.15, 0.2) is 0 Å². The zero-order valence-electron chi connectivity index (χ0n) is 15.6. The van der Waals surface area contributed by atoms with Crippen LogP contribution < -0.4 is 4.46 Å². The molecule has 1 aliphatic rings. The van der Waals surface area contributed by atoms with Crippen LogP contribution in [-0.2, 0) is 4.74 Å². The van der Waals surface area contributed by atoms with Crippen molar-refractivity contribution >= 4 is 31.2 Å². The Balaban J connectivity index is 1.88. The van der Waals surface area contributed by atoms with Crippen molar-refractivity contribution in [1.82, 2.24) is 0 Å². The van der Waals surface area contributed by atoms with Crippen LogP contribution in [0, 0.1) is 0 Å². The summed E-state index contributed by atoms with van der Waals surface area (Å²) < 4.78 is 8.13. The van der Waals surface area contributed by atoms with Gasteiger partial charge in [0.1, 0.15) is 0 Å². The minimum absolute atomic E-state index is 0.0286. The van der Waals surface area contributed by atoms with Gasteiger partial charge in [-0.3, -0.25) is 0 Å². The van der Waals surface area contributed by atoms with Crippen LogP contribution in [0.1, 0.15) is 56.1 Å². The molecule has 0 spiro atoms. The van der Waals surface area contributed by atoms with Crippen molar-refractivity contribution in [2.45, 2.75) is 55.4 Å². The van der Waals surface area contributed by atoms with E-state index in [4.69, 9.17) is 4.74 Å². The molecule has 134 valence electrons. The molecule has 3 rings (SSSR count). The van der Waals surface area contributed by atoms with Gasteiger partial charge in [-0.05, 0) is 0 Å². The first-order valence-electron chi connectivity index (χ1n) is 9.01. The molecule has 1 aliphatic heterocycles. The normalized spacial score (nSPS) is 24.0. The molecule has 0 aliphatic carbocycles. The molecular weight excluding hydrogens is 391 g/mol. The fraction of sp³-hybridized carbons (Fsp3) is 0.455. The van der Waals surface area contributed by atoms with Gasteiger partial charge >= 0.3 is 163 Å². The average Bonchev–Trinajstić information content (AvgIpc) is 2.63. The van der Waals surface area contributed by atoms with Crippen LogP contribution >= 0.6 is 11.8 Å². The van der Waals surface area contributed by atoms with Crippen molar-refractivity contribution in [2.24, 2.45) is 0 Å². The number of thioether (sulfide) groups is 1. The van der Waals surface area contributed by atoms with Crippen LogP contribution in [0.25, 0.3) is 0 Å². The van der Waals surface area contributed by atoms with Crippen LogP contribution in [0.4, 0.5) is 0 Å². The summed E-state index contributed by atoms with van der Waals surface area (Å²) in [6.07, 6.45) is 4.80. The van der Waals surface area contributed by atoms with E-state index < -0.39 is 0 Å². The standard InChI is InChI=1S/C22H28OSSe/c1-16(24-4)18-12-8-9-13-19(18)25-20-14-15-22(2,3)23-21(20)17-10-6-5-7-11-17/h5-13,16,20-21H,14-15H2,1-4H3/t16-,20?,21?/m0/s1. The van der Waals surface area contributed by atoms with E-state index in [1.807, 2.05) is 11.8 Å².